The zero-order chi connectivity index (χ0) is 16.2. The molecule has 2 amide bonds. The van der Waals surface area contributed by atoms with Crippen LogP contribution >= 0.6 is 0 Å². The minimum atomic E-state index is -0.876. The number of nitrogens with zero attached hydrogens (tertiary/aromatic N) is 2. The topological polar surface area (TPSA) is 99.2 Å². The number of nitrogens with one attached hydrogen (secondary N) is 1. The molecule has 0 aliphatic carbocycles. The van der Waals surface area contributed by atoms with Crippen molar-refractivity contribution in [2.45, 2.75) is 52.1 Å². The van der Waals surface area contributed by atoms with Crippen molar-refractivity contribution in [2.24, 2.45) is 17.6 Å². The molecule has 0 unspecified atom stereocenters. The summed E-state index contributed by atoms with van der Waals surface area (Å²) in [6.45, 7) is 8.26. The standard InChI is InChI=1S/C15H26N4O2/c1-10(2)15(4,9-16)18-13(20)8-19-7-12(14(17)21)6-5-11(19)3/h10-12H,5-8H2,1-4H3,(H2,17,21)(H,18,20)/t11-,12+,15+/m1/s1. The van der Waals surface area contributed by atoms with Gasteiger partial charge in [-0.25, -0.2) is 0 Å². The van der Waals surface area contributed by atoms with E-state index in [1.165, 1.54) is 0 Å². The van der Waals surface area contributed by atoms with Crippen LogP contribution in [0.15, 0.2) is 0 Å². The van der Waals surface area contributed by atoms with Crippen molar-refractivity contribution in [1.29, 1.82) is 5.26 Å². The number of primary amides is 1. The number of hydrogen-bond acceptors (Lipinski definition) is 4. The summed E-state index contributed by atoms with van der Waals surface area (Å²) < 4.78 is 0. The Morgan fingerprint density at radius 2 is 2.10 bits per heavy atom. The van der Waals surface area contributed by atoms with Crippen molar-refractivity contribution in [1.82, 2.24) is 10.2 Å². The molecule has 1 rings (SSSR count). The molecule has 21 heavy (non-hydrogen) atoms. The molecule has 1 saturated heterocycles. The van der Waals surface area contributed by atoms with E-state index in [0.29, 0.717) is 6.54 Å². The van der Waals surface area contributed by atoms with Crippen LogP contribution in [-0.4, -0.2) is 41.4 Å². The van der Waals surface area contributed by atoms with Gasteiger partial charge in [-0.1, -0.05) is 13.8 Å². The third kappa shape index (κ3) is 4.43. The maximum atomic E-state index is 12.2. The fraction of sp³-hybridized carbons (Fsp3) is 0.800. The van der Waals surface area contributed by atoms with Gasteiger partial charge in [-0.3, -0.25) is 14.5 Å². The average molecular weight is 294 g/mol. The second kappa shape index (κ2) is 6.90. The van der Waals surface area contributed by atoms with E-state index in [4.69, 9.17) is 5.73 Å². The molecule has 0 spiro atoms. The molecule has 1 aliphatic heterocycles. The summed E-state index contributed by atoms with van der Waals surface area (Å²) in [5.74, 6) is -0.675. The highest BCUT2D eigenvalue weighted by Crippen LogP contribution is 2.21. The van der Waals surface area contributed by atoms with Gasteiger partial charge < -0.3 is 11.1 Å². The summed E-state index contributed by atoms with van der Waals surface area (Å²) in [6, 6.07) is 2.39. The molecular weight excluding hydrogens is 268 g/mol. The van der Waals surface area contributed by atoms with E-state index in [0.717, 1.165) is 12.8 Å². The van der Waals surface area contributed by atoms with Gasteiger partial charge in [0.2, 0.25) is 11.8 Å². The Hall–Kier alpha value is -1.61. The molecule has 118 valence electrons. The molecule has 0 saturated carbocycles. The highest BCUT2D eigenvalue weighted by atomic mass is 16.2. The summed E-state index contributed by atoms with van der Waals surface area (Å²) in [5.41, 5.74) is 4.48. The number of piperidine rings is 1. The second-order valence-electron chi connectivity index (χ2n) is 6.47. The Bertz CT molecular complexity index is 443. The lowest BCUT2D eigenvalue weighted by Crippen LogP contribution is -2.54. The van der Waals surface area contributed by atoms with Crippen molar-refractivity contribution < 1.29 is 9.59 Å². The van der Waals surface area contributed by atoms with Gasteiger partial charge in [0.15, 0.2) is 0 Å². The van der Waals surface area contributed by atoms with Gasteiger partial charge in [0, 0.05) is 12.6 Å². The lowest BCUT2D eigenvalue weighted by Gasteiger charge is -2.37. The van der Waals surface area contributed by atoms with E-state index in [2.05, 4.69) is 11.4 Å². The zero-order valence-corrected chi connectivity index (χ0v) is 13.3. The minimum absolute atomic E-state index is 0.0172. The summed E-state index contributed by atoms with van der Waals surface area (Å²) >= 11 is 0. The van der Waals surface area contributed by atoms with Gasteiger partial charge in [-0.05, 0) is 32.6 Å². The number of carbonyl (C=O) groups is 2. The Kier molecular flexibility index (Phi) is 5.73. The smallest absolute Gasteiger partial charge is 0.235 e. The van der Waals surface area contributed by atoms with E-state index in [-0.39, 0.29) is 36.2 Å². The van der Waals surface area contributed by atoms with Crippen molar-refractivity contribution in [2.75, 3.05) is 13.1 Å². The van der Waals surface area contributed by atoms with Crippen LogP contribution in [0.5, 0.6) is 0 Å². The number of rotatable bonds is 5. The van der Waals surface area contributed by atoms with Crippen LogP contribution in [0.4, 0.5) is 0 Å². The molecule has 0 bridgehead atoms. The first-order valence-electron chi connectivity index (χ1n) is 7.45. The van der Waals surface area contributed by atoms with Crippen LogP contribution in [0, 0.1) is 23.2 Å². The van der Waals surface area contributed by atoms with E-state index in [9.17, 15) is 14.9 Å². The monoisotopic (exact) mass is 294 g/mol. The lowest BCUT2D eigenvalue weighted by molar-refractivity contribution is -0.128. The van der Waals surface area contributed by atoms with Crippen LogP contribution in [0.3, 0.4) is 0 Å². The van der Waals surface area contributed by atoms with Crippen LogP contribution < -0.4 is 11.1 Å². The average Bonchev–Trinajstić information content (AvgIpc) is 2.40. The summed E-state index contributed by atoms with van der Waals surface area (Å²) in [7, 11) is 0. The number of amides is 2. The Morgan fingerprint density at radius 1 is 1.48 bits per heavy atom. The van der Waals surface area contributed by atoms with Gasteiger partial charge in [0.1, 0.15) is 5.54 Å². The van der Waals surface area contributed by atoms with Gasteiger partial charge in [-0.2, -0.15) is 5.26 Å². The molecule has 1 fully saturated rings. The first kappa shape index (κ1) is 17.4. The predicted octanol–water partition coefficient (Wildman–Crippen LogP) is 0.627. The Labute approximate surface area is 126 Å². The third-order valence-corrected chi connectivity index (χ3v) is 4.55. The SMILES string of the molecule is CC(C)[C@](C)(C#N)NC(=O)CN1C[C@@H](C(N)=O)CC[C@H]1C. The van der Waals surface area contributed by atoms with Crippen LogP contribution in [0.1, 0.15) is 40.5 Å². The van der Waals surface area contributed by atoms with E-state index >= 15 is 0 Å². The van der Waals surface area contributed by atoms with Crippen molar-refractivity contribution >= 4 is 11.8 Å². The van der Waals surface area contributed by atoms with Gasteiger partial charge in [0.25, 0.3) is 0 Å². The molecule has 3 N–H and O–H groups in total. The zero-order valence-electron chi connectivity index (χ0n) is 13.3. The Morgan fingerprint density at radius 3 is 2.57 bits per heavy atom. The summed E-state index contributed by atoms with van der Waals surface area (Å²) in [5, 5.41) is 12.0. The fourth-order valence-corrected chi connectivity index (χ4v) is 2.45. The molecule has 1 heterocycles. The first-order valence-corrected chi connectivity index (χ1v) is 7.45. The van der Waals surface area contributed by atoms with Crippen molar-refractivity contribution in [3.05, 3.63) is 0 Å². The number of hydrogen-bond donors (Lipinski definition) is 2. The largest absolute Gasteiger partial charge is 0.369 e. The number of nitriles is 1. The molecule has 0 aromatic heterocycles. The van der Waals surface area contributed by atoms with E-state index in [1.807, 2.05) is 25.7 Å². The molecule has 0 aromatic rings. The van der Waals surface area contributed by atoms with Gasteiger partial charge >= 0.3 is 0 Å². The maximum Gasteiger partial charge on any atom is 0.235 e. The molecule has 6 heteroatoms. The molecule has 1 aliphatic rings. The van der Waals surface area contributed by atoms with Crippen molar-refractivity contribution in [3.8, 4) is 6.07 Å². The summed E-state index contributed by atoms with van der Waals surface area (Å²) in [4.78, 5) is 25.5. The van der Waals surface area contributed by atoms with E-state index in [1.54, 1.807) is 6.92 Å². The van der Waals surface area contributed by atoms with Crippen LogP contribution in [0.25, 0.3) is 0 Å². The number of carbonyl (C=O) groups excluding carboxylic acids is 2. The third-order valence-electron chi connectivity index (χ3n) is 4.55. The molecular formula is C15H26N4O2. The quantitative estimate of drug-likeness (QED) is 0.776. The second-order valence-corrected chi connectivity index (χ2v) is 6.47. The van der Waals surface area contributed by atoms with Gasteiger partial charge in [0.05, 0.1) is 18.5 Å². The highest BCUT2D eigenvalue weighted by molar-refractivity contribution is 5.80. The maximum absolute atomic E-state index is 12.2. The lowest BCUT2D eigenvalue weighted by atomic mass is 9.90. The normalized spacial score (nSPS) is 25.9. The molecule has 0 radical (unpaired) electrons. The van der Waals surface area contributed by atoms with Crippen LogP contribution in [0.2, 0.25) is 0 Å². The Balaban J connectivity index is 2.65. The van der Waals surface area contributed by atoms with Crippen molar-refractivity contribution in [3.63, 3.8) is 0 Å². The highest BCUT2D eigenvalue weighted by Gasteiger charge is 2.33. The number of nitrogens with two attached hydrogens (primary N) is 1. The predicted molar refractivity (Wildman–Crippen MR) is 80.0 cm³/mol. The minimum Gasteiger partial charge on any atom is -0.369 e. The fourth-order valence-electron chi connectivity index (χ4n) is 2.45. The van der Waals surface area contributed by atoms with Gasteiger partial charge in [-0.15, -0.1) is 0 Å². The first-order chi connectivity index (χ1) is 9.69. The summed E-state index contributed by atoms with van der Waals surface area (Å²) in [6.07, 6.45) is 1.62. The van der Waals surface area contributed by atoms with E-state index < -0.39 is 5.54 Å². The molecule has 0 aromatic carbocycles. The molecule has 6 nitrogen and oxygen atoms in total. The van der Waals surface area contributed by atoms with Crippen LogP contribution in [-0.2, 0) is 9.59 Å². The number of likely N-dealkylation sites (tertiary alicyclic amines) is 1. The molecule has 3 atom stereocenters.